The van der Waals surface area contributed by atoms with Crippen LogP contribution in [0.5, 0.6) is 0 Å². The van der Waals surface area contributed by atoms with Crippen LogP contribution in [0, 0.1) is 0 Å². The van der Waals surface area contributed by atoms with Crippen LogP contribution in [-0.2, 0) is 6.67 Å². The number of anilines is 1. The van der Waals surface area contributed by atoms with Gasteiger partial charge in [-0.15, -0.1) is 5.10 Å². The topological polar surface area (TPSA) is 42.7 Å². The van der Waals surface area contributed by atoms with Crippen LogP contribution >= 0.6 is 11.6 Å². The highest BCUT2D eigenvalue weighted by Gasteiger charge is 2.02. The normalized spacial score (nSPS) is 10.7. The summed E-state index contributed by atoms with van der Waals surface area (Å²) in [6, 6.07) is 15.4. The Morgan fingerprint density at radius 3 is 2.67 bits per heavy atom. The average Bonchev–Trinajstić information content (AvgIpc) is 2.82. The van der Waals surface area contributed by atoms with Crippen molar-refractivity contribution < 1.29 is 0 Å². The monoisotopic (exact) mass is 258 g/mol. The summed E-state index contributed by atoms with van der Waals surface area (Å²) in [7, 11) is 0. The fourth-order valence-electron chi connectivity index (χ4n) is 1.77. The zero-order chi connectivity index (χ0) is 12.4. The second-order valence-corrected chi connectivity index (χ2v) is 4.36. The van der Waals surface area contributed by atoms with E-state index < -0.39 is 0 Å². The maximum Gasteiger partial charge on any atom is 0.113 e. The van der Waals surface area contributed by atoms with Crippen LogP contribution in [0.3, 0.4) is 0 Å². The van der Waals surface area contributed by atoms with Gasteiger partial charge in [0.1, 0.15) is 12.2 Å². The molecule has 0 fully saturated rings. The fraction of sp³-hybridized carbons (Fsp3) is 0.0769. The molecule has 0 amide bonds. The number of rotatable bonds is 3. The Hall–Kier alpha value is -2.07. The summed E-state index contributed by atoms with van der Waals surface area (Å²) in [5.74, 6) is 0. The second-order valence-electron chi connectivity index (χ2n) is 3.92. The highest BCUT2D eigenvalue weighted by molar-refractivity contribution is 6.30. The smallest absolute Gasteiger partial charge is 0.113 e. The van der Waals surface area contributed by atoms with E-state index in [1.54, 1.807) is 0 Å². The molecule has 0 aliphatic carbocycles. The highest BCUT2D eigenvalue weighted by Crippen LogP contribution is 2.14. The van der Waals surface area contributed by atoms with E-state index in [4.69, 9.17) is 11.6 Å². The minimum Gasteiger partial charge on any atom is -0.366 e. The third kappa shape index (κ3) is 2.15. The van der Waals surface area contributed by atoms with Crippen molar-refractivity contribution in [1.29, 1.82) is 0 Å². The molecule has 0 aliphatic heterocycles. The largest absolute Gasteiger partial charge is 0.366 e. The molecule has 2 aromatic carbocycles. The van der Waals surface area contributed by atoms with E-state index in [1.807, 2.05) is 53.2 Å². The van der Waals surface area contributed by atoms with Crippen LogP contribution in [0.15, 0.2) is 48.5 Å². The van der Waals surface area contributed by atoms with E-state index >= 15 is 0 Å². The summed E-state index contributed by atoms with van der Waals surface area (Å²) >= 11 is 5.83. The predicted octanol–water partition coefficient (Wildman–Crippen LogP) is 3.15. The first-order valence-electron chi connectivity index (χ1n) is 5.60. The average molecular weight is 259 g/mol. The Balaban J connectivity index is 1.79. The Kier molecular flexibility index (Phi) is 2.86. The van der Waals surface area contributed by atoms with E-state index in [1.165, 1.54) is 0 Å². The van der Waals surface area contributed by atoms with Gasteiger partial charge < -0.3 is 5.32 Å². The lowest BCUT2D eigenvalue weighted by molar-refractivity contribution is 0.655. The Morgan fingerprint density at radius 2 is 1.83 bits per heavy atom. The van der Waals surface area contributed by atoms with Gasteiger partial charge in [-0.2, -0.15) is 0 Å². The van der Waals surface area contributed by atoms with Crippen LogP contribution in [-0.4, -0.2) is 15.0 Å². The minimum atomic E-state index is 0.572. The number of hydrogen-bond donors (Lipinski definition) is 1. The van der Waals surface area contributed by atoms with Crippen molar-refractivity contribution >= 4 is 28.3 Å². The van der Waals surface area contributed by atoms with E-state index in [-0.39, 0.29) is 0 Å². The number of halogens is 1. The molecule has 4 nitrogen and oxygen atoms in total. The molecule has 90 valence electrons. The molecular formula is C13H11ClN4. The highest BCUT2D eigenvalue weighted by atomic mass is 35.5. The van der Waals surface area contributed by atoms with Crippen LogP contribution in [0.1, 0.15) is 0 Å². The van der Waals surface area contributed by atoms with Crippen molar-refractivity contribution in [2.75, 3.05) is 5.32 Å². The Bertz CT molecular complexity index is 660. The Morgan fingerprint density at radius 1 is 1.06 bits per heavy atom. The van der Waals surface area contributed by atoms with E-state index in [0.29, 0.717) is 6.67 Å². The second kappa shape index (κ2) is 4.66. The van der Waals surface area contributed by atoms with Crippen molar-refractivity contribution in [2.45, 2.75) is 6.67 Å². The molecule has 0 unspecified atom stereocenters. The van der Waals surface area contributed by atoms with Crippen molar-refractivity contribution in [3.63, 3.8) is 0 Å². The molecule has 0 saturated carbocycles. The molecule has 0 saturated heterocycles. The summed E-state index contributed by atoms with van der Waals surface area (Å²) in [6.45, 7) is 0.572. The molecule has 18 heavy (non-hydrogen) atoms. The number of hydrogen-bond acceptors (Lipinski definition) is 3. The van der Waals surface area contributed by atoms with Crippen molar-refractivity contribution in [2.24, 2.45) is 0 Å². The molecule has 0 spiro atoms. The molecule has 1 N–H and O–H groups in total. The molecule has 3 aromatic rings. The van der Waals surface area contributed by atoms with Crippen LogP contribution < -0.4 is 5.32 Å². The maximum absolute atomic E-state index is 5.83. The molecular weight excluding hydrogens is 248 g/mol. The third-order valence-electron chi connectivity index (χ3n) is 2.70. The lowest BCUT2D eigenvalue weighted by atomic mass is 10.3. The lowest BCUT2D eigenvalue weighted by Crippen LogP contribution is -2.09. The lowest BCUT2D eigenvalue weighted by Gasteiger charge is -2.06. The molecule has 0 bridgehead atoms. The van der Waals surface area contributed by atoms with Crippen molar-refractivity contribution in [3.05, 3.63) is 53.6 Å². The quantitative estimate of drug-likeness (QED) is 0.785. The van der Waals surface area contributed by atoms with Gasteiger partial charge in [0.2, 0.25) is 0 Å². The van der Waals surface area contributed by atoms with Crippen molar-refractivity contribution in [3.8, 4) is 0 Å². The Labute approximate surface area is 109 Å². The van der Waals surface area contributed by atoms with Crippen LogP contribution in [0.4, 0.5) is 5.69 Å². The predicted molar refractivity (Wildman–Crippen MR) is 72.6 cm³/mol. The summed E-state index contributed by atoms with van der Waals surface area (Å²) in [5.41, 5.74) is 2.91. The summed E-state index contributed by atoms with van der Waals surface area (Å²) < 4.78 is 1.82. The number of nitrogens with zero attached hydrogens (tertiary/aromatic N) is 3. The third-order valence-corrected chi connectivity index (χ3v) is 2.95. The zero-order valence-corrected chi connectivity index (χ0v) is 10.3. The molecule has 1 aromatic heterocycles. The van der Waals surface area contributed by atoms with Gasteiger partial charge in [-0.05, 0) is 36.4 Å². The van der Waals surface area contributed by atoms with Gasteiger partial charge in [0.15, 0.2) is 0 Å². The number of benzene rings is 2. The molecule has 0 aliphatic rings. The van der Waals surface area contributed by atoms with E-state index in [9.17, 15) is 0 Å². The molecule has 0 atom stereocenters. The van der Waals surface area contributed by atoms with Crippen LogP contribution in [0.25, 0.3) is 11.0 Å². The SMILES string of the molecule is Clc1ccc(NCn2nnc3ccccc32)cc1. The van der Waals surface area contributed by atoms with Gasteiger partial charge in [0.05, 0.1) is 5.52 Å². The first kappa shape index (κ1) is 11.0. The van der Waals surface area contributed by atoms with Gasteiger partial charge in [-0.1, -0.05) is 28.9 Å². The number of nitrogens with one attached hydrogen (secondary N) is 1. The number of para-hydroxylation sites is 1. The molecule has 0 radical (unpaired) electrons. The first-order valence-corrected chi connectivity index (χ1v) is 5.98. The molecule has 5 heteroatoms. The van der Waals surface area contributed by atoms with E-state index in [0.717, 1.165) is 21.7 Å². The zero-order valence-electron chi connectivity index (χ0n) is 9.55. The van der Waals surface area contributed by atoms with Gasteiger partial charge in [0, 0.05) is 10.7 Å². The molecule has 3 rings (SSSR count). The number of aromatic nitrogens is 3. The number of fused-ring (bicyclic) bond motifs is 1. The maximum atomic E-state index is 5.83. The summed E-state index contributed by atoms with van der Waals surface area (Å²) in [6.07, 6.45) is 0. The van der Waals surface area contributed by atoms with Gasteiger partial charge in [-0.3, -0.25) is 0 Å². The van der Waals surface area contributed by atoms with Gasteiger partial charge in [-0.25, -0.2) is 4.68 Å². The van der Waals surface area contributed by atoms with E-state index in [2.05, 4.69) is 15.6 Å². The standard InChI is InChI=1S/C13H11ClN4/c14-10-5-7-11(8-6-10)15-9-18-13-4-2-1-3-12(13)16-17-18/h1-8,15H,9H2. The fourth-order valence-corrected chi connectivity index (χ4v) is 1.89. The van der Waals surface area contributed by atoms with Crippen LogP contribution in [0.2, 0.25) is 5.02 Å². The van der Waals surface area contributed by atoms with Gasteiger partial charge in [0.25, 0.3) is 0 Å². The minimum absolute atomic E-state index is 0.572. The molecule has 1 heterocycles. The summed E-state index contributed by atoms with van der Waals surface area (Å²) in [5, 5.41) is 12.2. The van der Waals surface area contributed by atoms with Crippen molar-refractivity contribution in [1.82, 2.24) is 15.0 Å². The van der Waals surface area contributed by atoms with Gasteiger partial charge >= 0.3 is 0 Å². The first-order chi connectivity index (χ1) is 8.83. The summed E-state index contributed by atoms with van der Waals surface area (Å²) in [4.78, 5) is 0.